The van der Waals surface area contributed by atoms with Gasteiger partial charge >= 0.3 is 0 Å². The first-order chi connectivity index (χ1) is 9.04. The van der Waals surface area contributed by atoms with Crippen molar-refractivity contribution in [1.82, 2.24) is 9.88 Å². The molecule has 0 fully saturated rings. The van der Waals surface area contributed by atoms with E-state index in [1.54, 1.807) is 6.92 Å². The number of hydrogen-bond donors (Lipinski definition) is 2. The zero-order valence-electron chi connectivity index (χ0n) is 11.3. The first kappa shape index (κ1) is 13.8. The third kappa shape index (κ3) is 2.72. The van der Waals surface area contributed by atoms with Crippen LogP contribution in [0.3, 0.4) is 0 Å². The summed E-state index contributed by atoms with van der Waals surface area (Å²) in [6.45, 7) is 5.75. The maximum atomic E-state index is 12.2. The number of aryl methyl sites for hydroxylation is 2. The number of carbonyl (C=O) groups is 1. The predicted octanol–water partition coefficient (Wildman–Crippen LogP) is 2.27. The molecular formula is C14H18N2O2S. The molecule has 0 aliphatic heterocycles. The molecule has 1 atom stereocenters. The Labute approximate surface area is 116 Å². The van der Waals surface area contributed by atoms with Gasteiger partial charge in [0.05, 0.1) is 12.2 Å². The molecule has 0 saturated carbocycles. The van der Waals surface area contributed by atoms with Crippen molar-refractivity contribution in [1.29, 1.82) is 0 Å². The van der Waals surface area contributed by atoms with Crippen molar-refractivity contribution >= 4 is 17.2 Å². The Morgan fingerprint density at radius 3 is 2.58 bits per heavy atom. The van der Waals surface area contributed by atoms with Crippen molar-refractivity contribution in [3.63, 3.8) is 0 Å². The van der Waals surface area contributed by atoms with Gasteiger partial charge in [-0.1, -0.05) is 0 Å². The summed E-state index contributed by atoms with van der Waals surface area (Å²) in [6.07, 6.45) is 0. The van der Waals surface area contributed by atoms with E-state index in [2.05, 4.69) is 9.88 Å². The van der Waals surface area contributed by atoms with E-state index in [1.807, 2.05) is 37.4 Å². The quantitative estimate of drug-likeness (QED) is 0.901. The smallest absolute Gasteiger partial charge is 0.254 e. The Hall–Kier alpha value is -1.59. The minimum atomic E-state index is -0.243. The molecule has 2 rings (SSSR count). The molecule has 4 nitrogen and oxygen atoms in total. The Morgan fingerprint density at radius 1 is 1.37 bits per heavy atom. The topological polar surface area (TPSA) is 54.3 Å². The van der Waals surface area contributed by atoms with Crippen LogP contribution in [-0.2, 0) is 0 Å². The minimum Gasteiger partial charge on any atom is -0.394 e. The highest BCUT2D eigenvalue weighted by Crippen LogP contribution is 2.25. The van der Waals surface area contributed by atoms with Gasteiger partial charge < -0.3 is 15.0 Å². The summed E-state index contributed by atoms with van der Waals surface area (Å²) in [5, 5.41) is 14.6. The van der Waals surface area contributed by atoms with Crippen LogP contribution in [0.25, 0.3) is 5.00 Å². The maximum absolute atomic E-state index is 12.2. The molecule has 0 aromatic carbocycles. The Balaban J connectivity index is 2.35. The molecule has 5 heteroatoms. The van der Waals surface area contributed by atoms with Crippen LogP contribution in [0.1, 0.15) is 28.7 Å². The molecule has 0 aliphatic carbocycles. The van der Waals surface area contributed by atoms with Gasteiger partial charge in [0.15, 0.2) is 0 Å². The third-order valence-corrected chi connectivity index (χ3v) is 3.91. The van der Waals surface area contributed by atoms with Crippen LogP contribution in [0.15, 0.2) is 23.6 Å². The first-order valence-corrected chi connectivity index (χ1v) is 7.07. The van der Waals surface area contributed by atoms with Gasteiger partial charge in [0, 0.05) is 17.4 Å². The van der Waals surface area contributed by atoms with Gasteiger partial charge in [0.25, 0.3) is 5.91 Å². The van der Waals surface area contributed by atoms with Crippen LogP contribution < -0.4 is 5.32 Å². The van der Waals surface area contributed by atoms with E-state index in [9.17, 15) is 4.79 Å². The fraction of sp³-hybridized carbons (Fsp3) is 0.357. The van der Waals surface area contributed by atoms with E-state index in [4.69, 9.17) is 5.11 Å². The van der Waals surface area contributed by atoms with Crippen LogP contribution in [-0.4, -0.2) is 28.2 Å². The average Bonchev–Trinajstić information content (AvgIpc) is 2.96. The second-order valence-corrected chi connectivity index (χ2v) is 5.54. The van der Waals surface area contributed by atoms with Crippen molar-refractivity contribution in [2.24, 2.45) is 0 Å². The second kappa shape index (κ2) is 5.59. The highest BCUT2D eigenvalue weighted by atomic mass is 32.1. The number of aliphatic hydroxyl groups excluding tert-OH is 1. The highest BCUT2D eigenvalue weighted by molar-refractivity contribution is 7.13. The van der Waals surface area contributed by atoms with E-state index in [0.29, 0.717) is 5.56 Å². The molecule has 0 spiro atoms. The molecule has 2 heterocycles. The highest BCUT2D eigenvalue weighted by Gasteiger charge is 2.17. The number of nitrogens with zero attached hydrogens (tertiary/aromatic N) is 1. The van der Waals surface area contributed by atoms with Gasteiger partial charge in [0.1, 0.15) is 5.00 Å². The molecule has 1 unspecified atom stereocenters. The number of aliphatic hydroxyl groups is 1. The summed E-state index contributed by atoms with van der Waals surface area (Å²) < 4.78 is 2.07. The van der Waals surface area contributed by atoms with Crippen LogP contribution in [0, 0.1) is 13.8 Å². The third-order valence-electron chi connectivity index (χ3n) is 3.02. The fourth-order valence-corrected chi connectivity index (χ4v) is 3.00. The summed E-state index contributed by atoms with van der Waals surface area (Å²) in [6, 6.07) is 5.64. The monoisotopic (exact) mass is 278 g/mol. The molecule has 2 aromatic heterocycles. The van der Waals surface area contributed by atoms with Gasteiger partial charge in [-0.25, -0.2) is 0 Å². The number of rotatable bonds is 4. The molecule has 19 heavy (non-hydrogen) atoms. The number of hydrogen-bond acceptors (Lipinski definition) is 3. The molecule has 1 amide bonds. The van der Waals surface area contributed by atoms with Crippen LogP contribution in [0.2, 0.25) is 0 Å². The Morgan fingerprint density at radius 2 is 2.00 bits per heavy atom. The standard InChI is InChI=1S/C14H18N2O2S/c1-9(8-17)15-13(18)12-6-7-19-14(12)16-10(2)4-5-11(16)3/h4-7,9,17H,8H2,1-3H3,(H,15,18). The lowest BCUT2D eigenvalue weighted by molar-refractivity contribution is 0.0923. The van der Waals surface area contributed by atoms with E-state index >= 15 is 0 Å². The lowest BCUT2D eigenvalue weighted by atomic mass is 10.2. The molecule has 102 valence electrons. The summed E-state index contributed by atoms with van der Waals surface area (Å²) >= 11 is 1.54. The summed E-state index contributed by atoms with van der Waals surface area (Å²) in [5.41, 5.74) is 2.85. The fourth-order valence-electron chi connectivity index (χ4n) is 1.98. The lowest BCUT2D eigenvalue weighted by Gasteiger charge is -2.13. The van der Waals surface area contributed by atoms with Crippen molar-refractivity contribution in [2.45, 2.75) is 26.8 Å². The molecular weight excluding hydrogens is 260 g/mol. The predicted molar refractivity (Wildman–Crippen MR) is 77.1 cm³/mol. The van der Waals surface area contributed by atoms with Gasteiger partial charge in [-0.05, 0) is 44.4 Å². The number of carbonyl (C=O) groups excluding carboxylic acids is 1. The van der Waals surface area contributed by atoms with E-state index in [0.717, 1.165) is 16.4 Å². The Kier molecular flexibility index (Phi) is 4.07. The van der Waals surface area contributed by atoms with Gasteiger partial charge in [0.2, 0.25) is 0 Å². The van der Waals surface area contributed by atoms with E-state index in [1.165, 1.54) is 11.3 Å². The summed E-state index contributed by atoms with van der Waals surface area (Å²) in [4.78, 5) is 12.2. The van der Waals surface area contributed by atoms with Gasteiger partial charge in [-0.15, -0.1) is 11.3 Å². The summed E-state index contributed by atoms with van der Waals surface area (Å²) in [7, 11) is 0. The minimum absolute atomic E-state index is 0.0627. The van der Waals surface area contributed by atoms with Gasteiger partial charge in [-0.2, -0.15) is 0 Å². The van der Waals surface area contributed by atoms with Crippen molar-refractivity contribution in [3.05, 3.63) is 40.5 Å². The van der Waals surface area contributed by atoms with Gasteiger partial charge in [-0.3, -0.25) is 4.79 Å². The normalized spacial score (nSPS) is 12.4. The molecule has 0 bridgehead atoms. The summed E-state index contributed by atoms with van der Waals surface area (Å²) in [5.74, 6) is -0.148. The molecule has 0 aliphatic rings. The van der Waals surface area contributed by atoms with E-state index < -0.39 is 0 Å². The molecule has 0 saturated heterocycles. The van der Waals surface area contributed by atoms with Crippen molar-refractivity contribution in [2.75, 3.05) is 6.61 Å². The average molecular weight is 278 g/mol. The number of nitrogens with one attached hydrogen (secondary N) is 1. The first-order valence-electron chi connectivity index (χ1n) is 6.19. The number of thiophene rings is 1. The van der Waals surface area contributed by atoms with Crippen LogP contribution >= 0.6 is 11.3 Å². The Bertz CT molecular complexity index is 567. The lowest BCUT2D eigenvalue weighted by Crippen LogP contribution is -2.35. The SMILES string of the molecule is Cc1ccc(C)n1-c1sccc1C(=O)NC(C)CO. The number of aromatic nitrogens is 1. The largest absolute Gasteiger partial charge is 0.394 e. The zero-order chi connectivity index (χ0) is 14.0. The van der Waals surface area contributed by atoms with Crippen molar-refractivity contribution in [3.8, 4) is 5.00 Å². The molecule has 2 aromatic rings. The molecule has 0 radical (unpaired) electrons. The van der Waals surface area contributed by atoms with Crippen molar-refractivity contribution < 1.29 is 9.90 Å². The number of amides is 1. The maximum Gasteiger partial charge on any atom is 0.254 e. The van der Waals surface area contributed by atoms with Crippen LogP contribution in [0.5, 0.6) is 0 Å². The van der Waals surface area contributed by atoms with E-state index in [-0.39, 0.29) is 18.6 Å². The second-order valence-electron chi connectivity index (χ2n) is 4.65. The van der Waals surface area contributed by atoms with Crippen LogP contribution in [0.4, 0.5) is 0 Å². The molecule has 2 N–H and O–H groups in total. The zero-order valence-corrected chi connectivity index (χ0v) is 12.1.